The van der Waals surface area contributed by atoms with E-state index < -0.39 is 0 Å². The largest absolute Gasteiger partial charge is 0.339 e. The van der Waals surface area contributed by atoms with Crippen LogP contribution >= 0.6 is 24.0 Å². The monoisotopic (exact) mass is 413 g/mol. The molecule has 150 valence electrons. The number of benzene rings is 1. The number of anilines is 1. The molecule has 2 amide bonds. The fourth-order valence-corrected chi connectivity index (χ4v) is 4.52. The van der Waals surface area contributed by atoms with Crippen LogP contribution in [-0.2, 0) is 4.79 Å². The Balaban J connectivity index is 0.00000261. The van der Waals surface area contributed by atoms with Crippen LogP contribution in [0.2, 0.25) is 5.02 Å². The average molecular weight is 414 g/mol. The van der Waals surface area contributed by atoms with E-state index >= 15 is 0 Å². The summed E-state index contributed by atoms with van der Waals surface area (Å²) in [7, 11) is 0. The van der Waals surface area contributed by atoms with Crippen molar-refractivity contribution in [3.05, 3.63) is 28.8 Å². The van der Waals surface area contributed by atoms with Crippen molar-refractivity contribution in [1.29, 1.82) is 0 Å². The molecule has 1 aromatic rings. The third-order valence-electron chi connectivity index (χ3n) is 5.58. The van der Waals surface area contributed by atoms with Crippen LogP contribution in [0.3, 0.4) is 0 Å². The fourth-order valence-electron chi connectivity index (χ4n) is 4.26. The van der Waals surface area contributed by atoms with Gasteiger partial charge in [-0.05, 0) is 63.6 Å². The van der Waals surface area contributed by atoms with E-state index in [4.69, 9.17) is 11.6 Å². The lowest BCUT2D eigenvalue weighted by Gasteiger charge is -2.28. The number of amides is 2. The number of hydrogen-bond acceptors (Lipinski definition) is 3. The molecular formula is C20H29Cl2N3O2. The molecule has 2 N–H and O–H groups in total. The second-order valence-electron chi connectivity index (χ2n) is 7.40. The van der Waals surface area contributed by atoms with Gasteiger partial charge in [0.15, 0.2) is 0 Å². The Hall–Kier alpha value is -1.30. The lowest BCUT2D eigenvalue weighted by atomic mass is 9.89. The molecule has 0 saturated carbocycles. The highest BCUT2D eigenvalue weighted by molar-refractivity contribution is 6.34. The highest BCUT2D eigenvalue weighted by Crippen LogP contribution is 2.33. The summed E-state index contributed by atoms with van der Waals surface area (Å²) in [6, 6.07) is 6.30. The van der Waals surface area contributed by atoms with Crippen molar-refractivity contribution in [2.75, 3.05) is 18.4 Å². The number of fused-ring (bicyclic) bond motifs is 2. The Labute approximate surface area is 172 Å². The summed E-state index contributed by atoms with van der Waals surface area (Å²) in [5.41, 5.74) is 1.12. The molecule has 7 heteroatoms. The lowest BCUT2D eigenvalue weighted by molar-refractivity contribution is -0.117. The van der Waals surface area contributed by atoms with Crippen LogP contribution in [0.5, 0.6) is 0 Å². The Morgan fingerprint density at radius 2 is 1.81 bits per heavy atom. The molecule has 0 aliphatic carbocycles. The summed E-state index contributed by atoms with van der Waals surface area (Å²) in [4.78, 5) is 26.6. The fraction of sp³-hybridized carbons (Fsp3) is 0.600. The molecule has 2 heterocycles. The van der Waals surface area contributed by atoms with Gasteiger partial charge in [0.2, 0.25) is 5.91 Å². The maximum absolute atomic E-state index is 12.4. The molecule has 5 nitrogen and oxygen atoms in total. The van der Waals surface area contributed by atoms with E-state index in [2.05, 4.69) is 10.6 Å². The van der Waals surface area contributed by atoms with Gasteiger partial charge < -0.3 is 15.5 Å². The molecule has 1 aromatic carbocycles. The minimum absolute atomic E-state index is 0. The molecular weight excluding hydrogens is 385 g/mol. The zero-order valence-corrected chi connectivity index (χ0v) is 17.5. The molecule has 2 aliphatic rings. The molecule has 0 radical (unpaired) electrons. The number of hydrogen-bond donors (Lipinski definition) is 2. The summed E-state index contributed by atoms with van der Waals surface area (Å²) in [5.74, 6) is 0.394. The molecule has 3 rings (SSSR count). The molecule has 2 unspecified atom stereocenters. The summed E-state index contributed by atoms with van der Waals surface area (Å²) < 4.78 is 0. The number of rotatable bonds is 6. The van der Waals surface area contributed by atoms with Crippen LogP contribution in [0, 0.1) is 5.92 Å². The van der Waals surface area contributed by atoms with E-state index in [0.29, 0.717) is 53.8 Å². The second-order valence-corrected chi connectivity index (χ2v) is 7.81. The van der Waals surface area contributed by atoms with Crippen molar-refractivity contribution in [2.45, 2.75) is 58.0 Å². The van der Waals surface area contributed by atoms with Crippen LogP contribution < -0.4 is 10.6 Å². The summed E-state index contributed by atoms with van der Waals surface area (Å²) in [6.45, 7) is 5.17. The zero-order chi connectivity index (χ0) is 18.7. The van der Waals surface area contributed by atoms with Gasteiger partial charge in [-0.3, -0.25) is 9.59 Å². The Kier molecular flexibility index (Phi) is 7.95. The van der Waals surface area contributed by atoms with Crippen LogP contribution in [0.15, 0.2) is 18.2 Å². The van der Waals surface area contributed by atoms with Crippen LogP contribution in [-0.4, -0.2) is 41.9 Å². The minimum atomic E-state index is -0.0805. The molecule has 2 atom stereocenters. The van der Waals surface area contributed by atoms with Gasteiger partial charge in [-0.1, -0.05) is 11.6 Å². The number of carbonyl (C=O) groups is 2. The van der Waals surface area contributed by atoms with Gasteiger partial charge in [0.25, 0.3) is 5.91 Å². The number of carbonyl (C=O) groups excluding carboxylic acids is 2. The second kappa shape index (κ2) is 9.76. The predicted octanol–water partition coefficient (Wildman–Crippen LogP) is 4.10. The maximum atomic E-state index is 12.4. The first-order valence-electron chi connectivity index (χ1n) is 9.64. The lowest BCUT2D eigenvalue weighted by Crippen LogP contribution is -2.39. The molecule has 2 fully saturated rings. The van der Waals surface area contributed by atoms with Gasteiger partial charge in [0.1, 0.15) is 0 Å². The SMILES string of the molecule is CCN(CC)C(=O)c1ccc(NC(=O)CC2CC3CCC(C2)N3)cc1Cl.Cl. The van der Waals surface area contributed by atoms with E-state index in [1.54, 1.807) is 23.1 Å². The van der Waals surface area contributed by atoms with E-state index in [1.165, 1.54) is 12.8 Å². The van der Waals surface area contributed by atoms with Crippen LogP contribution in [0.1, 0.15) is 56.3 Å². The minimum Gasteiger partial charge on any atom is -0.339 e. The third kappa shape index (κ3) is 5.37. The Morgan fingerprint density at radius 3 is 2.37 bits per heavy atom. The number of halogens is 2. The summed E-state index contributed by atoms with van der Waals surface area (Å²) in [6.07, 6.45) is 5.19. The molecule has 2 saturated heterocycles. The van der Waals surface area contributed by atoms with Crippen molar-refractivity contribution in [3.8, 4) is 0 Å². The van der Waals surface area contributed by atoms with Gasteiger partial charge >= 0.3 is 0 Å². The van der Waals surface area contributed by atoms with Crippen LogP contribution in [0.4, 0.5) is 5.69 Å². The summed E-state index contributed by atoms with van der Waals surface area (Å²) >= 11 is 6.30. The number of nitrogens with zero attached hydrogens (tertiary/aromatic N) is 1. The van der Waals surface area contributed by atoms with Crippen molar-refractivity contribution in [2.24, 2.45) is 5.92 Å². The van der Waals surface area contributed by atoms with Gasteiger partial charge in [-0.25, -0.2) is 0 Å². The highest BCUT2D eigenvalue weighted by atomic mass is 35.5. The molecule has 0 aromatic heterocycles. The van der Waals surface area contributed by atoms with E-state index in [0.717, 1.165) is 12.8 Å². The molecule has 2 bridgehead atoms. The number of nitrogens with one attached hydrogen (secondary N) is 2. The normalized spacial score (nSPS) is 23.4. The first-order chi connectivity index (χ1) is 12.5. The predicted molar refractivity (Wildman–Crippen MR) is 112 cm³/mol. The molecule has 2 aliphatic heterocycles. The van der Waals surface area contributed by atoms with E-state index in [1.807, 2.05) is 13.8 Å². The first-order valence-corrected chi connectivity index (χ1v) is 10.0. The standard InChI is InChI=1S/C20H28ClN3O2.ClH/c1-3-24(4-2)20(26)17-8-7-16(12-18(17)21)23-19(25)11-13-9-14-5-6-15(10-13)22-14;/h7-8,12-15,22H,3-6,9-11H2,1-2H3,(H,23,25);1H. The average Bonchev–Trinajstić information content (AvgIpc) is 2.94. The van der Waals surface area contributed by atoms with Crippen molar-refractivity contribution < 1.29 is 9.59 Å². The third-order valence-corrected chi connectivity index (χ3v) is 5.89. The van der Waals surface area contributed by atoms with Crippen molar-refractivity contribution >= 4 is 41.5 Å². The molecule has 0 spiro atoms. The zero-order valence-electron chi connectivity index (χ0n) is 16.0. The van der Waals surface area contributed by atoms with Crippen LogP contribution in [0.25, 0.3) is 0 Å². The highest BCUT2D eigenvalue weighted by Gasteiger charge is 2.34. The Bertz CT molecular complexity index is 667. The summed E-state index contributed by atoms with van der Waals surface area (Å²) in [5, 5.41) is 6.91. The van der Waals surface area contributed by atoms with Crippen molar-refractivity contribution in [1.82, 2.24) is 10.2 Å². The van der Waals surface area contributed by atoms with Gasteiger partial charge in [-0.2, -0.15) is 0 Å². The smallest absolute Gasteiger partial charge is 0.255 e. The van der Waals surface area contributed by atoms with E-state index in [-0.39, 0.29) is 24.2 Å². The molecule has 27 heavy (non-hydrogen) atoms. The van der Waals surface area contributed by atoms with Gasteiger partial charge in [0.05, 0.1) is 10.6 Å². The van der Waals surface area contributed by atoms with Gasteiger partial charge in [0, 0.05) is 37.3 Å². The van der Waals surface area contributed by atoms with E-state index in [9.17, 15) is 9.59 Å². The Morgan fingerprint density at radius 1 is 1.19 bits per heavy atom. The maximum Gasteiger partial charge on any atom is 0.255 e. The topological polar surface area (TPSA) is 61.4 Å². The van der Waals surface area contributed by atoms with Crippen molar-refractivity contribution in [3.63, 3.8) is 0 Å². The first kappa shape index (κ1) is 22.0. The quantitative estimate of drug-likeness (QED) is 0.737. The number of piperidine rings is 1. The van der Waals surface area contributed by atoms with Gasteiger partial charge in [-0.15, -0.1) is 12.4 Å².